The highest BCUT2D eigenvalue weighted by atomic mass is 32.2. The lowest BCUT2D eigenvalue weighted by Crippen LogP contribution is -2.41. The Morgan fingerprint density at radius 1 is 1.33 bits per heavy atom. The van der Waals surface area contributed by atoms with Gasteiger partial charge in [-0.3, -0.25) is 9.36 Å². The zero-order valence-electron chi connectivity index (χ0n) is 15.3. The number of aliphatic hydroxyl groups is 1. The highest BCUT2D eigenvalue weighted by Crippen LogP contribution is 2.51. The molecule has 1 aromatic rings. The van der Waals surface area contributed by atoms with Crippen LogP contribution in [0.5, 0.6) is 0 Å². The van der Waals surface area contributed by atoms with E-state index in [1.54, 1.807) is 32.0 Å². The second-order valence-corrected chi connectivity index (χ2v) is 10.9. The molecule has 0 heterocycles. The summed E-state index contributed by atoms with van der Waals surface area (Å²) in [5.74, 6) is -5.14. The summed E-state index contributed by atoms with van der Waals surface area (Å²) in [6.45, 7) is 2.66. The second kappa shape index (κ2) is 9.77. The van der Waals surface area contributed by atoms with Gasteiger partial charge in [0.1, 0.15) is 5.78 Å². The van der Waals surface area contributed by atoms with Gasteiger partial charge in [0.05, 0.1) is 18.3 Å². The Morgan fingerprint density at radius 3 is 2.44 bits per heavy atom. The van der Waals surface area contributed by atoms with Crippen LogP contribution in [-0.4, -0.2) is 53.8 Å². The van der Waals surface area contributed by atoms with Crippen molar-refractivity contribution in [1.82, 2.24) is 4.72 Å². The second-order valence-electron chi connectivity index (χ2n) is 6.63. The summed E-state index contributed by atoms with van der Waals surface area (Å²) in [7, 11) is -8.25. The van der Waals surface area contributed by atoms with Crippen LogP contribution in [-0.2, 0) is 25.9 Å². The minimum Gasteiger partial charge on any atom is -0.481 e. The SMILES string of the molecule is CC(C)C(NS(=O)(=O)CCO)P(=O)(O)CC(C(=O)O)c1cccc(CN)c1. The molecule has 1 rings (SSSR count). The Kier molecular flexibility index (Phi) is 8.59. The third-order valence-electron chi connectivity index (χ3n) is 4.06. The Hall–Kier alpha value is -1.29. The summed E-state index contributed by atoms with van der Waals surface area (Å²) in [6.07, 6.45) is -0.638. The molecule has 0 spiro atoms. The number of nitrogens with one attached hydrogen (secondary N) is 1. The normalized spacial score (nSPS) is 16.7. The molecule has 3 unspecified atom stereocenters. The summed E-state index contributed by atoms with van der Waals surface area (Å²) < 4.78 is 39.0. The fraction of sp³-hybridized carbons (Fsp3) is 0.562. The van der Waals surface area contributed by atoms with Crippen LogP contribution in [0.2, 0.25) is 0 Å². The van der Waals surface area contributed by atoms with Gasteiger partial charge in [0.15, 0.2) is 0 Å². The summed E-state index contributed by atoms with van der Waals surface area (Å²) in [5, 5.41) is 18.4. The smallest absolute Gasteiger partial charge is 0.311 e. The van der Waals surface area contributed by atoms with Crippen LogP contribution in [0.15, 0.2) is 24.3 Å². The van der Waals surface area contributed by atoms with Crippen molar-refractivity contribution in [2.45, 2.75) is 32.1 Å². The number of rotatable bonds is 11. The van der Waals surface area contributed by atoms with Gasteiger partial charge in [0.25, 0.3) is 0 Å². The van der Waals surface area contributed by atoms with Crippen LogP contribution < -0.4 is 10.5 Å². The number of carboxylic acids is 1. The van der Waals surface area contributed by atoms with Crippen molar-refractivity contribution >= 4 is 23.4 Å². The molecule has 9 nitrogen and oxygen atoms in total. The van der Waals surface area contributed by atoms with E-state index in [1.807, 2.05) is 0 Å². The molecule has 0 amide bonds. The van der Waals surface area contributed by atoms with Gasteiger partial charge >= 0.3 is 5.97 Å². The quantitative estimate of drug-likeness (QED) is 0.321. The predicted octanol–water partition coefficient (Wildman–Crippen LogP) is 0.478. The van der Waals surface area contributed by atoms with E-state index in [-0.39, 0.29) is 6.54 Å². The summed E-state index contributed by atoms with van der Waals surface area (Å²) in [6, 6.07) is 6.40. The molecule has 6 N–H and O–H groups in total. The number of hydrogen-bond donors (Lipinski definition) is 5. The number of aliphatic carboxylic acids is 1. The summed E-state index contributed by atoms with van der Waals surface area (Å²) in [5.41, 5.74) is 6.56. The van der Waals surface area contributed by atoms with Crippen molar-refractivity contribution in [2.75, 3.05) is 18.5 Å². The highest BCUT2D eigenvalue weighted by molar-refractivity contribution is 7.89. The Labute approximate surface area is 159 Å². The maximum atomic E-state index is 13.0. The van der Waals surface area contributed by atoms with Crippen molar-refractivity contribution in [2.24, 2.45) is 11.7 Å². The number of hydrogen-bond acceptors (Lipinski definition) is 6. The number of sulfonamides is 1. The van der Waals surface area contributed by atoms with E-state index >= 15 is 0 Å². The summed E-state index contributed by atoms with van der Waals surface area (Å²) >= 11 is 0. The van der Waals surface area contributed by atoms with E-state index in [0.717, 1.165) is 0 Å². The zero-order valence-corrected chi connectivity index (χ0v) is 17.0. The maximum Gasteiger partial charge on any atom is 0.311 e. The van der Waals surface area contributed by atoms with Crippen LogP contribution in [0, 0.1) is 5.92 Å². The lowest BCUT2D eigenvalue weighted by atomic mass is 9.99. The van der Waals surface area contributed by atoms with Crippen LogP contribution in [0.4, 0.5) is 0 Å². The third-order valence-corrected chi connectivity index (χ3v) is 8.05. The minimum atomic E-state index is -4.26. The van der Waals surface area contributed by atoms with Gasteiger partial charge in [-0.15, -0.1) is 0 Å². The van der Waals surface area contributed by atoms with Crippen LogP contribution >= 0.6 is 7.37 Å². The van der Waals surface area contributed by atoms with Crippen LogP contribution in [0.3, 0.4) is 0 Å². The van der Waals surface area contributed by atoms with Gasteiger partial charge in [-0.05, 0) is 17.0 Å². The average Bonchev–Trinajstić information content (AvgIpc) is 2.57. The molecule has 1 aromatic carbocycles. The van der Waals surface area contributed by atoms with Gasteiger partial charge < -0.3 is 20.8 Å². The van der Waals surface area contributed by atoms with Crippen LogP contribution in [0.25, 0.3) is 0 Å². The number of nitrogens with two attached hydrogens (primary N) is 1. The van der Waals surface area contributed by atoms with Crippen LogP contribution in [0.1, 0.15) is 30.9 Å². The third kappa shape index (κ3) is 6.99. The van der Waals surface area contributed by atoms with E-state index in [4.69, 9.17) is 10.8 Å². The molecule has 27 heavy (non-hydrogen) atoms. The largest absolute Gasteiger partial charge is 0.481 e. The fourth-order valence-corrected chi connectivity index (χ4v) is 6.87. The monoisotopic (exact) mass is 422 g/mol. The van der Waals surface area contributed by atoms with Crippen molar-refractivity contribution in [1.29, 1.82) is 0 Å². The molecule has 0 saturated carbocycles. The first-order valence-corrected chi connectivity index (χ1v) is 11.9. The first kappa shape index (κ1) is 23.7. The molecule has 0 bridgehead atoms. The molecule has 154 valence electrons. The van der Waals surface area contributed by atoms with E-state index in [1.165, 1.54) is 6.07 Å². The average molecular weight is 422 g/mol. The van der Waals surface area contributed by atoms with Gasteiger partial charge in [-0.2, -0.15) is 0 Å². The van der Waals surface area contributed by atoms with Gasteiger partial charge in [0, 0.05) is 12.7 Å². The lowest BCUT2D eigenvalue weighted by Gasteiger charge is -2.29. The zero-order chi connectivity index (χ0) is 20.8. The molecule has 0 fully saturated rings. The number of carbonyl (C=O) groups is 1. The van der Waals surface area contributed by atoms with Crippen molar-refractivity contribution in [3.8, 4) is 0 Å². The Morgan fingerprint density at radius 2 is 1.96 bits per heavy atom. The standard InChI is InChI=1S/C16H27N2O7PS/c1-11(2)15(18-27(24,25)7-6-19)26(22,23)10-14(16(20)21)13-5-3-4-12(8-13)9-17/h3-5,8,11,14-15,18-19H,6-7,9-10,17H2,1-2H3,(H,20,21)(H,22,23). The van der Waals surface area contributed by atoms with E-state index in [9.17, 15) is 27.8 Å². The van der Waals surface area contributed by atoms with Crippen molar-refractivity contribution in [3.05, 3.63) is 35.4 Å². The van der Waals surface area contributed by atoms with E-state index in [2.05, 4.69) is 4.72 Å². The molecule has 0 radical (unpaired) electrons. The Bertz CT molecular complexity index is 798. The maximum absolute atomic E-state index is 13.0. The topological polar surface area (TPSA) is 167 Å². The highest BCUT2D eigenvalue weighted by Gasteiger charge is 2.40. The van der Waals surface area contributed by atoms with E-state index in [0.29, 0.717) is 11.1 Å². The molecular weight excluding hydrogens is 395 g/mol. The minimum absolute atomic E-state index is 0.187. The van der Waals surface area contributed by atoms with Crippen molar-refractivity contribution in [3.63, 3.8) is 0 Å². The van der Waals surface area contributed by atoms with Gasteiger partial charge in [0.2, 0.25) is 17.4 Å². The number of benzene rings is 1. The first-order chi connectivity index (χ1) is 12.4. The van der Waals surface area contributed by atoms with Gasteiger partial charge in [-0.25, -0.2) is 13.1 Å². The first-order valence-electron chi connectivity index (χ1n) is 8.37. The molecule has 0 saturated heterocycles. The molecular formula is C16H27N2O7PS. The number of aliphatic hydroxyl groups excluding tert-OH is 1. The molecule has 11 heteroatoms. The molecule has 0 aliphatic carbocycles. The number of carboxylic acid groups (broad SMARTS) is 1. The Balaban J connectivity index is 3.20. The van der Waals surface area contributed by atoms with Gasteiger partial charge in [-0.1, -0.05) is 38.1 Å². The molecule has 0 aliphatic rings. The fourth-order valence-electron chi connectivity index (χ4n) is 2.69. The lowest BCUT2D eigenvalue weighted by molar-refractivity contribution is -0.138. The summed E-state index contributed by atoms with van der Waals surface area (Å²) in [4.78, 5) is 22.3. The molecule has 0 aliphatic heterocycles. The van der Waals surface area contributed by atoms with E-state index < -0.39 is 59.5 Å². The molecule has 3 atom stereocenters. The van der Waals surface area contributed by atoms with Crippen molar-refractivity contribution < 1.29 is 32.9 Å². The predicted molar refractivity (Wildman–Crippen MR) is 102 cm³/mol. The molecule has 0 aromatic heterocycles.